The summed E-state index contributed by atoms with van der Waals surface area (Å²) in [7, 11) is 1.79. The Hall–Kier alpha value is -1.13. The molecule has 4 nitrogen and oxygen atoms in total. The molecule has 0 bridgehead atoms. The number of pyridine rings is 1. The molecule has 0 aromatic carbocycles. The van der Waals surface area contributed by atoms with Crippen molar-refractivity contribution in [3.63, 3.8) is 0 Å². The van der Waals surface area contributed by atoms with E-state index in [1.807, 2.05) is 12.3 Å². The van der Waals surface area contributed by atoms with Crippen molar-refractivity contribution in [3.05, 3.63) is 24.0 Å². The zero-order chi connectivity index (χ0) is 13.0. The van der Waals surface area contributed by atoms with Gasteiger partial charge < -0.3 is 15.4 Å². The van der Waals surface area contributed by atoms with Gasteiger partial charge in [0, 0.05) is 26.2 Å². The quantitative estimate of drug-likeness (QED) is 0.888. The number of anilines is 1. The Labute approximate surface area is 109 Å². The summed E-state index contributed by atoms with van der Waals surface area (Å²) < 4.78 is 5.38. The lowest BCUT2D eigenvalue weighted by atomic mass is 10.1. The maximum absolute atomic E-state index is 5.97. The third-order valence-electron chi connectivity index (χ3n) is 3.73. The highest BCUT2D eigenvalue weighted by Crippen LogP contribution is 2.21. The fraction of sp³-hybridized carbons (Fsp3) is 0.643. The zero-order valence-electron chi connectivity index (χ0n) is 11.3. The van der Waals surface area contributed by atoms with Gasteiger partial charge in [0.2, 0.25) is 0 Å². The van der Waals surface area contributed by atoms with Gasteiger partial charge in [-0.1, -0.05) is 6.92 Å². The zero-order valence-corrected chi connectivity index (χ0v) is 11.3. The first-order valence-electron chi connectivity index (χ1n) is 6.74. The minimum Gasteiger partial charge on any atom is -0.381 e. The number of ether oxygens (including phenoxy) is 1. The highest BCUT2D eigenvalue weighted by atomic mass is 16.5. The number of nitrogens with two attached hydrogens (primary N) is 1. The van der Waals surface area contributed by atoms with E-state index in [0.29, 0.717) is 6.10 Å². The van der Waals surface area contributed by atoms with Gasteiger partial charge in [-0.25, -0.2) is 0 Å². The smallest absolute Gasteiger partial charge is 0.0605 e. The number of hydrogen-bond donors (Lipinski definition) is 1. The standard InChI is InChI=1S/C14H23N3O/c1-3-13(15)14-5-4-11(10-16-14)17-8-6-12(18-2)7-9-17/h4-5,10,12-13H,3,6-9,15H2,1-2H3/t13-/m0/s1. The molecule has 2 N–H and O–H groups in total. The number of rotatable bonds is 4. The summed E-state index contributed by atoms with van der Waals surface area (Å²) in [5.74, 6) is 0. The van der Waals surface area contributed by atoms with E-state index in [1.54, 1.807) is 7.11 Å². The maximum Gasteiger partial charge on any atom is 0.0605 e. The molecule has 1 aliphatic rings. The van der Waals surface area contributed by atoms with Gasteiger partial charge in [-0.05, 0) is 31.4 Å². The van der Waals surface area contributed by atoms with Crippen LogP contribution in [0.4, 0.5) is 5.69 Å². The average Bonchev–Trinajstić information content (AvgIpc) is 2.47. The van der Waals surface area contributed by atoms with Gasteiger partial charge in [0.15, 0.2) is 0 Å². The Bertz CT molecular complexity index is 358. The topological polar surface area (TPSA) is 51.4 Å². The third-order valence-corrected chi connectivity index (χ3v) is 3.73. The lowest BCUT2D eigenvalue weighted by Crippen LogP contribution is -2.36. The molecule has 1 aromatic rings. The van der Waals surface area contributed by atoms with Gasteiger partial charge in [-0.2, -0.15) is 0 Å². The second-order valence-electron chi connectivity index (χ2n) is 4.88. The van der Waals surface area contributed by atoms with Crippen LogP contribution < -0.4 is 10.6 Å². The molecule has 1 fully saturated rings. The Morgan fingerprint density at radius 3 is 2.67 bits per heavy atom. The van der Waals surface area contributed by atoms with E-state index in [9.17, 15) is 0 Å². The van der Waals surface area contributed by atoms with Crippen molar-refractivity contribution in [1.82, 2.24) is 4.98 Å². The van der Waals surface area contributed by atoms with E-state index in [1.165, 1.54) is 5.69 Å². The van der Waals surface area contributed by atoms with Crippen LogP contribution in [-0.2, 0) is 4.74 Å². The van der Waals surface area contributed by atoms with Crippen LogP contribution >= 0.6 is 0 Å². The molecule has 0 aliphatic carbocycles. The maximum atomic E-state index is 5.97. The fourth-order valence-corrected chi connectivity index (χ4v) is 2.36. The Kier molecular flexibility index (Phi) is 4.55. The van der Waals surface area contributed by atoms with Crippen LogP contribution in [0.2, 0.25) is 0 Å². The molecule has 0 saturated carbocycles. The lowest BCUT2D eigenvalue weighted by Gasteiger charge is -2.32. The van der Waals surface area contributed by atoms with Crippen LogP contribution in [-0.4, -0.2) is 31.3 Å². The van der Waals surface area contributed by atoms with Gasteiger partial charge in [-0.15, -0.1) is 0 Å². The predicted octanol–water partition coefficient (Wildman–Crippen LogP) is 2.11. The number of piperidine rings is 1. The van der Waals surface area contributed by atoms with Crippen molar-refractivity contribution in [2.45, 2.75) is 38.3 Å². The highest BCUT2D eigenvalue weighted by molar-refractivity contribution is 5.45. The van der Waals surface area contributed by atoms with Crippen molar-refractivity contribution >= 4 is 5.69 Å². The second kappa shape index (κ2) is 6.16. The van der Waals surface area contributed by atoms with Gasteiger partial charge >= 0.3 is 0 Å². The summed E-state index contributed by atoms with van der Waals surface area (Å²) in [6.07, 6.45) is 5.46. The van der Waals surface area contributed by atoms with Crippen LogP contribution in [0, 0.1) is 0 Å². The van der Waals surface area contributed by atoms with E-state index in [0.717, 1.165) is 38.0 Å². The number of hydrogen-bond acceptors (Lipinski definition) is 4. The molecule has 2 heterocycles. The SMILES string of the molecule is CC[C@H](N)c1ccc(N2CCC(OC)CC2)cn1. The molecule has 1 aliphatic heterocycles. The molecule has 100 valence electrons. The van der Waals surface area contributed by atoms with Crippen molar-refractivity contribution in [1.29, 1.82) is 0 Å². The van der Waals surface area contributed by atoms with Crippen LogP contribution in [0.25, 0.3) is 0 Å². The summed E-state index contributed by atoms with van der Waals surface area (Å²) in [5.41, 5.74) is 8.14. The molecule has 1 aromatic heterocycles. The van der Waals surface area contributed by atoms with Crippen molar-refractivity contribution < 1.29 is 4.74 Å². The first-order chi connectivity index (χ1) is 8.74. The minimum absolute atomic E-state index is 0.0540. The summed E-state index contributed by atoms with van der Waals surface area (Å²) >= 11 is 0. The Morgan fingerprint density at radius 1 is 1.44 bits per heavy atom. The molecule has 0 amide bonds. The van der Waals surface area contributed by atoms with E-state index in [-0.39, 0.29) is 6.04 Å². The number of nitrogens with zero attached hydrogens (tertiary/aromatic N) is 2. The van der Waals surface area contributed by atoms with E-state index >= 15 is 0 Å². The number of methoxy groups -OCH3 is 1. The summed E-state index contributed by atoms with van der Waals surface area (Å²) in [6, 6.07) is 4.23. The molecule has 1 saturated heterocycles. The van der Waals surface area contributed by atoms with E-state index < -0.39 is 0 Å². The van der Waals surface area contributed by atoms with Crippen LogP contribution in [0.15, 0.2) is 18.3 Å². The molecule has 0 spiro atoms. The monoisotopic (exact) mass is 249 g/mol. The molecule has 18 heavy (non-hydrogen) atoms. The molecule has 1 atom stereocenters. The molecule has 2 rings (SSSR count). The van der Waals surface area contributed by atoms with Gasteiger partial charge in [0.25, 0.3) is 0 Å². The van der Waals surface area contributed by atoms with Gasteiger partial charge in [0.1, 0.15) is 0 Å². The summed E-state index contributed by atoms with van der Waals surface area (Å²) in [6.45, 7) is 4.16. The van der Waals surface area contributed by atoms with E-state index in [4.69, 9.17) is 10.5 Å². The van der Waals surface area contributed by atoms with E-state index in [2.05, 4.69) is 22.9 Å². The van der Waals surface area contributed by atoms with Crippen LogP contribution in [0.5, 0.6) is 0 Å². The van der Waals surface area contributed by atoms with Crippen molar-refractivity contribution in [2.24, 2.45) is 5.73 Å². The first kappa shape index (κ1) is 13.3. The highest BCUT2D eigenvalue weighted by Gasteiger charge is 2.19. The predicted molar refractivity (Wildman–Crippen MR) is 73.7 cm³/mol. The van der Waals surface area contributed by atoms with Crippen LogP contribution in [0.3, 0.4) is 0 Å². The lowest BCUT2D eigenvalue weighted by molar-refractivity contribution is 0.0819. The van der Waals surface area contributed by atoms with Gasteiger partial charge in [0.05, 0.1) is 23.7 Å². The third kappa shape index (κ3) is 3.00. The fourth-order valence-electron chi connectivity index (χ4n) is 2.36. The largest absolute Gasteiger partial charge is 0.381 e. The Balaban J connectivity index is 1.98. The normalized spacial score (nSPS) is 18.9. The average molecular weight is 249 g/mol. The van der Waals surface area contributed by atoms with Crippen molar-refractivity contribution in [2.75, 3.05) is 25.1 Å². The molecular weight excluding hydrogens is 226 g/mol. The molecule has 4 heteroatoms. The molecular formula is C14H23N3O. The molecule has 0 unspecified atom stereocenters. The summed E-state index contributed by atoms with van der Waals surface area (Å²) in [5, 5.41) is 0. The van der Waals surface area contributed by atoms with Crippen LogP contribution in [0.1, 0.15) is 37.9 Å². The first-order valence-corrected chi connectivity index (χ1v) is 6.74. The van der Waals surface area contributed by atoms with Crippen molar-refractivity contribution in [3.8, 4) is 0 Å². The van der Waals surface area contributed by atoms with Gasteiger partial charge in [-0.3, -0.25) is 4.98 Å². The number of aromatic nitrogens is 1. The second-order valence-corrected chi connectivity index (χ2v) is 4.88. The minimum atomic E-state index is 0.0540. The summed E-state index contributed by atoms with van der Waals surface area (Å²) in [4.78, 5) is 6.83. The Morgan fingerprint density at radius 2 is 2.17 bits per heavy atom. The molecule has 0 radical (unpaired) electrons.